The third-order valence-corrected chi connectivity index (χ3v) is 2.67. The van der Waals surface area contributed by atoms with E-state index >= 15 is 0 Å². The fourth-order valence-electron chi connectivity index (χ4n) is 1.76. The van der Waals surface area contributed by atoms with Crippen LogP contribution in [0.2, 0.25) is 0 Å². The molecule has 1 N–H and O–H groups in total. The Morgan fingerprint density at radius 1 is 1.23 bits per heavy atom. The summed E-state index contributed by atoms with van der Waals surface area (Å²) in [6.07, 6.45) is 2.92. The highest BCUT2D eigenvalue weighted by atomic mass is 16.6. The summed E-state index contributed by atoms with van der Waals surface area (Å²) in [5, 5.41) is 2.75. The van der Waals surface area contributed by atoms with E-state index in [4.69, 9.17) is 4.74 Å². The van der Waals surface area contributed by atoms with Crippen LogP contribution < -0.4 is 5.32 Å². The van der Waals surface area contributed by atoms with Crippen molar-refractivity contribution in [2.75, 3.05) is 7.11 Å². The maximum atomic E-state index is 11.9. The highest BCUT2D eigenvalue weighted by Crippen LogP contribution is 2.09. The fourth-order valence-corrected chi connectivity index (χ4v) is 1.76. The average molecular weight is 305 g/mol. The zero-order valence-corrected chi connectivity index (χ0v) is 13.5. The second-order valence-corrected chi connectivity index (χ2v) is 5.82. The van der Waals surface area contributed by atoms with E-state index in [-0.39, 0.29) is 6.04 Å². The predicted molar refractivity (Wildman–Crippen MR) is 84.5 cm³/mol. The molecule has 0 spiro atoms. The molecule has 1 aromatic rings. The highest BCUT2D eigenvalue weighted by Gasteiger charge is 2.18. The van der Waals surface area contributed by atoms with Gasteiger partial charge in [-0.1, -0.05) is 36.4 Å². The van der Waals surface area contributed by atoms with Crippen LogP contribution in [-0.4, -0.2) is 30.8 Å². The van der Waals surface area contributed by atoms with Crippen LogP contribution >= 0.6 is 0 Å². The molecule has 0 bridgehead atoms. The molecular formula is C17H23NO4. The van der Waals surface area contributed by atoms with Crippen LogP contribution in [0.4, 0.5) is 4.79 Å². The van der Waals surface area contributed by atoms with Crippen molar-refractivity contribution in [1.29, 1.82) is 0 Å². The van der Waals surface area contributed by atoms with Crippen LogP contribution in [0.5, 0.6) is 0 Å². The van der Waals surface area contributed by atoms with Gasteiger partial charge in [-0.3, -0.25) is 0 Å². The van der Waals surface area contributed by atoms with Gasteiger partial charge in [-0.05, 0) is 32.8 Å². The third-order valence-electron chi connectivity index (χ3n) is 2.67. The van der Waals surface area contributed by atoms with E-state index in [1.54, 1.807) is 26.8 Å². The smallest absolute Gasteiger partial charge is 0.408 e. The Balaban J connectivity index is 2.75. The number of amides is 1. The lowest BCUT2D eigenvalue weighted by Gasteiger charge is -2.22. The number of hydrogen-bond donors (Lipinski definition) is 1. The summed E-state index contributed by atoms with van der Waals surface area (Å²) in [5.41, 5.74) is 0.464. The second kappa shape index (κ2) is 8.22. The van der Waals surface area contributed by atoms with Crippen molar-refractivity contribution in [3.8, 4) is 0 Å². The molecule has 0 aliphatic heterocycles. The van der Waals surface area contributed by atoms with E-state index in [0.29, 0.717) is 6.42 Å². The first-order chi connectivity index (χ1) is 10.3. The fraction of sp³-hybridized carbons (Fsp3) is 0.412. The molecule has 1 rings (SSSR count). The minimum absolute atomic E-state index is 0.364. The summed E-state index contributed by atoms with van der Waals surface area (Å²) in [7, 11) is 1.31. The minimum atomic E-state index is -0.576. The molecule has 0 aliphatic rings. The van der Waals surface area contributed by atoms with Crippen molar-refractivity contribution >= 4 is 12.1 Å². The lowest BCUT2D eigenvalue weighted by atomic mass is 10.1. The molecule has 5 nitrogen and oxygen atoms in total. The Morgan fingerprint density at radius 3 is 2.41 bits per heavy atom. The standard InChI is InChI=1S/C17H23NO4/c1-17(2,3)22-16(20)18-14(10-11-15(19)21-4)12-13-8-6-5-7-9-13/h5-11,14H,12H2,1-4H3,(H,18,20)/t14-/m0/s1. The van der Waals surface area contributed by atoms with Crippen LogP contribution in [0.3, 0.4) is 0 Å². The lowest BCUT2D eigenvalue weighted by Crippen LogP contribution is -2.39. The zero-order valence-electron chi connectivity index (χ0n) is 13.5. The Kier molecular flexibility index (Phi) is 6.63. The number of esters is 1. The van der Waals surface area contributed by atoms with E-state index < -0.39 is 17.7 Å². The van der Waals surface area contributed by atoms with Crippen LogP contribution in [-0.2, 0) is 20.7 Å². The van der Waals surface area contributed by atoms with Crippen molar-refractivity contribution in [3.63, 3.8) is 0 Å². The molecule has 1 amide bonds. The third kappa shape index (κ3) is 7.47. The molecule has 0 saturated carbocycles. The van der Waals surface area contributed by atoms with Gasteiger partial charge in [-0.25, -0.2) is 9.59 Å². The highest BCUT2D eigenvalue weighted by molar-refractivity contribution is 5.82. The molecule has 22 heavy (non-hydrogen) atoms. The molecule has 0 aliphatic carbocycles. The molecule has 0 aromatic heterocycles. The largest absolute Gasteiger partial charge is 0.466 e. The summed E-state index contributed by atoms with van der Waals surface area (Å²) in [5.74, 6) is -0.468. The number of hydrogen-bond acceptors (Lipinski definition) is 4. The first kappa shape index (κ1) is 17.8. The SMILES string of the molecule is COC(=O)C=C[C@@H](Cc1ccccc1)NC(=O)OC(C)(C)C. The van der Waals surface area contributed by atoms with Crippen LogP contribution in [0.15, 0.2) is 42.5 Å². The summed E-state index contributed by atoms with van der Waals surface area (Å²) < 4.78 is 9.81. The quantitative estimate of drug-likeness (QED) is 0.671. The maximum Gasteiger partial charge on any atom is 0.408 e. The van der Waals surface area contributed by atoms with Gasteiger partial charge >= 0.3 is 12.1 Å². The summed E-state index contributed by atoms with van der Waals surface area (Å²) in [6.45, 7) is 5.38. The molecule has 0 fully saturated rings. The first-order valence-electron chi connectivity index (χ1n) is 7.10. The Labute approximate surface area is 131 Å². The molecule has 0 unspecified atom stereocenters. The van der Waals surface area contributed by atoms with E-state index in [1.165, 1.54) is 13.2 Å². The number of alkyl carbamates (subject to hydrolysis) is 1. The number of carbonyl (C=O) groups excluding carboxylic acids is 2. The van der Waals surface area contributed by atoms with E-state index in [9.17, 15) is 9.59 Å². The monoisotopic (exact) mass is 305 g/mol. The van der Waals surface area contributed by atoms with Crippen LogP contribution in [0, 0.1) is 0 Å². The number of rotatable bonds is 5. The summed E-state index contributed by atoms with van der Waals surface area (Å²) >= 11 is 0. The number of nitrogens with one attached hydrogen (secondary N) is 1. The normalized spacial score (nSPS) is 12.7. The molecular weight excluding hydrogens is 282 g/mol. The van der Waals surface area contributed by atoms with Crippen molar-refractivity contribution in [1.82, 2.24) is 5.32 Å². The Bertz CT molecular complexity index is 517. The number of methoxy groups -OCH3 is 1. The van der Waals surface area contributed by atoms with Crippen molar-refractivity contribution in [2.24, 2.45) is 0 Å². The van der Waals surface area contributed by atoms with Gasteiger partial charge in [-0.15, -0.1) is 0 Å². The van der Waals surface area contributed by atoms with Gasteiger partial charge in [-0.2, -0.15) is 0 Å². The summed E-state index contributed by atoms with van der Waals surface area (Å²) in [6, 6.07) is 9.31. The number of carbonyl (C=O) groups is 2. The van der Waals surface area contributed by atoms with Gasteiger partial charge in [0.05, 0.1) is 13.2 Å². The average Bonchev–Trinajstić information content (AvgIpc) is 2.43. The van der Waals surface area contributed by atoms with Gasteiger partial charge in [0, 0.05) is 6.08 Å². The number of benzene rings is 1. The maximum absolute atomic E-state index is 11.9. The predicted octanol–water partition coefficient (Wildman–Crippen LogP) is 2.85. The van der Waals surface area contributed by atoms with Gasteiger partial charge in [0.15, 0.2) is 0 Å². The van der Waals surface area contributed by atoms with Crippen molar-refractivity contribution in [2.45, 2.75) is 38.8 Å². The Hall–Kier alpha value is -2.30. The van der Waals surface area contributed by atoms with Gasteiger partial charge < -0.3 is 14.8 Å². The number of ether oxygens (including phenoxy) is 2. The molecule has 5 heteroatoms. The van der Waals surface area contributed by atoms with Crippen molar-refractivity contribution < 1.29 is 19.1 Å². The molecule has 120 valence electrons. The molecule has 1 atom stereocenters. The van der Waals surface area contributed by atoms with Crippen LogP contribution in [0.1, 0.15) is 26.3 Å². The van der Waals surface area contributed by atoms with Gasteiger partial charge in [0.1, 0.15) is 5.60 Å². The van der Waals surface area contributed by atoms with E-state index in [1.807, 2.05) is 30.3 Å². The Morgan fingerprint density at radius 2 is 1.86 bits per heavy atom. The van der Waals surface area contributed by atoms with Gasteiger partial charge in [0.25, 0.3) is 0 Å². The molecule has 0 saturated heterocycles. The molecule has 1 aromatic carbocycles. The minimum Gasteiger partial charge on any atom is -0.466 e. The van der Waals surface area contributed by atoms with Crippen LogP contribution in [0.25, 0.3) is 0 Å². The topological polar surface area (TPSA) is 64.6 Å². The van der Waals surface area contributed by atoms with E-state index in [0.717, 1.165) is 5.56 Å². The van der Waals surface area contributed by atoms with E-state index in [2.05, 4.69) is 10.1 Å². The molecule has 0 heterocycles. The van der Waals surface area contributed by atoms with Gasteiger partial charge in [0.2, 0.25) is 0 Å². The lowest BCUT2D eigenvalue weighted by molar-refractivity contribution is -0.134. The second-order valence-electron chi connectivity index (χ2n) is 5.82. The molecule has 0 radical (unpaired) electrons. The van der Waals surface area contributed by atoms with Crippen molar-refractivity contribution in [3.05, 3.63) is 48.0 Å². The zero-order chi connectivity index (χ0) is 16.6. The first-order valence-corrected chi connectivity index (χ1v) is 7.10. The summed E-state index contributed by atoms with van der Waals surface area (Å²) in [4.78, 5) is 23.1.